The van der Waals surface area contributed by atoms with Crippen LogP contribution in [0.3, 0.4) is 0 Å². The van der Waals surface area contributed by atoms with Gasteiger partial charge in [0.15, 0.2) is 0 Å². The minimum atomic E-state index is -0.328. The Morgan fingerprint density at radius 1 is 1.25 bits per heavy atom. The topological polar surface area (TPSA) is 84.9 Å². The van der Waals surface area contributed by atoms with Crippen LogP contribution in [0.1, 0.15) is 18.4 Å². The van der Waals surface area contributed by atoms with Crippen molar-refractivity contribution in [3.63, 3.8) is 0 Å². The van der Waals surface area contributed by atoms with Gasteiger partial charge in [0.1, 0.15) is 5.82 Å². The Labute approximate surface area is 176 Å². The summed E-state index contributed by atoms with van der Waals surface area (Å²) >= 11 is 0. The van der Waals surface area contributed by atoms with E-state index in [9.17, 15) is 19.1 Å². The number of aliphatic hydroxyl groups excluding tert-OH is 1. The second kappa shape index (κ2) is 11.4. The Balaban J connectivity index is 0.00000196. The van der Waals surface area contributed by atoms with Gasteiger partial charge in [0, 0.05) is 32.7 Å². The van der Waals surface area contributed by atoms with Crippen molar-refractivity contribution in [2.45, 2.75) is 25.5 Å². The molecule has 0 spiro atoms. The van der Waals surface area contributed by atoms with E-state index in [2.05, 4.69) is 10.6 Å². The lowest BCUT2D eigenvalue weighted by molar-refractivity contribution is -0.136. The fourth-order valence-corrected chi connectivity index (χ4v) is 3.27. The van der Waals surface area contributed by atoms with E-state index in [0.29, 0.717) is 50.3 Å². The molecule has 0 aromatic heterocycles. The Kier molecular flexibility index (Phi) is 9.95. The molecular formula is C18H27Cl2FN4O3. The Bertz CT molecular complexity index is 672. The first-order valence-electron chi connectivity index (χ1n) is 8.99. The van der Waals surface area contributed by atoms with E-state index in [0.717, 1.165) is 0 Å². The molecular weight excluding hydrogens is 410 g/mol. The fourth-order valence-electron chi connectivity index (χ4n) is 3.27. The van der Waals surface area contributed by atoms with E-state index in [1.54, 1.807) is 12.1 Å². The van der Waals surface area contributed by atoms with E-state index in [4.69, 9.17) is 0 Å². The van der Waals surface area contributed by atoms with Gasteiger partial charge in [-0.1, -0.05) is 6.07 Å². The SMILES string of the molecule is Cl.Cl.O=C(CN1CCNCC1=O)NCc1ccc(N2CCC(O)CC2)c(F)c1. The summed E-state index contributed by atoms with van der Waals surface area (Å²) in [7, 11) is 0. The summed E-state index contributed by atoms with van der Waals surface area (Å²) in [5, 5.41) is 15.2. The molecule has 0 radical (unpaired) electrons. The monoisotopic (exact) mass is 436 g/mol. The van der Waals surface area contributed by atoms with Crippen LogP contribution in [0.2, 0.25) is 0 Å². The second-order valence-corrected chi connectivity index (χ2v) is 6.77. The molecule has 2 saturated heterocycles. The number of carbonyl (C=O) groups excluding carboxylic acids is 2. The summed E-state index contributed by atoms with van der Waals surface area (Å²) in [5.41, 5.74) is 1.20. The third kappa shape index (κ3) is 6.48. The molecule has 28 heavy (non-hydrogen) atoms. The normalized spacial score (nSPS) is 17.6. The van der Waals surface area contributed by atoms with E-state index in [1.165, 1.54) is 11.0 Å². The highest BCUT2D eigenvalue weighted by molar-refractivity contribution is 5.86. The van der Waals surface area contributed by atoms with Crippen LogP contribution >= 0.6 is 24.8 Å². The van der Waals surface area contributed by atoms with Gasteiger partial charge in [-0.15, -0.1) is 24.8 Å². The number of halogens is 3. The van der Waals surface area contributed by atoms with Crippen molar-refractivity contribution in [3.8, 4) is 0 Å². The fraction of sp³-hybridized carbons (Fsp3) is 0.556. The van der Waals surface area contributed by atoms with Gasteiger partial charge in [-0.05, 0) is 30.5 Å². The molecule has 0 atom stereocenters. The van der Waals surface area contributed by atoms with Gasteiger partial charge in [0.2, 0.25) is 11.8 Å². The minimum absolute atomic E-state index is 0. The molecule has 2 heterocycles. The molecule has 3 rings (SSSR count). The van der Waals surface area contributed by atoms with Crippen molar-refractivity contribution in [2.75, 3.05) is 44.2 Å². The Morgan fingerprint density at radius 2 is 1.96 bits per heavy atom. The first-order chi connectivity index (χ1) is 12.5. The molecule has 0 saturated carbocycles. The van der Waals surface area contributed by atoms with Gasteiger partial charge in [-0.3, -0.25) is 9.59 Å². The van der Waals surface area contributed by atoms with Crippen LogP contribution in [-0.2, 0) is 16.1 Å². The van der Waals surface area contributed by atoms with Crippen molar-refractivity contribution in [1.82, 2.24) is 15.5 Å². The largest absolute Gasteiger partial charge is 0.393 e. The zero-order valence-electron chi connectivity index (χ0n) is 15.5. The predicted octanol–water partition coefficient (Wildman–Crippen LogP) is 0.678. The first kappa shape index (κ1) is 24.4. The lowest BCUT2D eigenvalue weighted by atomic mass is 10.1. The van der Waals surface area contributed by atoms with Gasteiger partial charge >= 0.3 is 0 Å². The molecule has 1 aromatic rings. The smallest absolute Gasteiger partial charge is 0.239 e. The van der Waals surface area contributed by atoms with Crippen molar-refractivity contribution in [2.24, 2.45) is 0 Å². The highest BCUT2D eigenvalue weighted by atomic mass is 35.5. The van der Waals surface area contributed by atoms with Crippen LogP contribution < -0.4 is 15.5 Å². The third-order valence-electron chi connectivity index (χ3n) is 4.83. The molecule has 158 valence electrons. The quantitative estimate of drug-likeness (QED) is 0.631. The van der Waals surface area contributed by atoms with Crippen molar-refractivity contribution in [3.05, 3.63) is 29.6 Å². The van der Waals surface area contributed by atoms with Gasteiger partial charge in [0.25, 0.3) is 0 Å². The molecule has 2 fully saturated rings. The zero-order valence-corrected chi connectivity index (χ0v) is 17.2. The summed E-state index contributed by atoms with van der Waals surface area (Å²) in [4.78, 5) is 27.1. The minimum Gasteiger partial charge on any atom is -0.393 e. The molecule has 7 nitrogen and oxygen atoms in total. The maximum atomic E-state index is 14.4. The maximum absolute atomic E-state index is 14.4. The average molecular weight is 437 g/mol. The number of nitrogens with zero attached hydrogens (tertiary/aromatic N) is 2. The van der Waals surface area contributed by atoms with Gasteiger partial charge in [-0.25, -0.2) is 4.39 Å². The molecule has 0 bridgehead atoms. The van der Waals surface area contributed by atoms with Crippen molar-refractivity contribution >= 4 is 42.3 Å². The lowest BCUT2D eigenvalue weighted by Gasteiger charge is -2.31. The van der Waals surface area contributed by atoms with Crippen molar-refractivity contribution < 1.29 is 19.1 Å². The summed E-state index contributed by atoms with van der Waals surface area (Å²) in [6.45, 7) is 2.96. The number of hydrogen-bond acceptors (Lipinski definition) is 5. The van der Waals surface area contributed by atoms with E-state index in [1.807, 2.05) is 4.90 Å². The summed E-state index contributed by atoms with van der Waals surface area (Å²) in [6.07, 6.45) is 0.982. The van der Waals surface area contributed by atoms with Crippen LogP contribution in [-0.4, -0.2) is 67.2 Å². The number of carbonyl (C=O) groups is 2. The highest BCUT2D eigenvalue weighted by Gasteiger charge is 2.21. The maximum Gasteiger partial charge on any atom is 0.239 e. The summed E-state index contributed by atoms with van der Waals surface area (Å²) in [5.74, 6) is -0.673. The molecule has 0 aliphatic carbocycles. The second-order valence-electron chi connectivity index (χ2n) is 6.77. The van der Waals surface area contributed by atoms with Gasteiger partial charge < -0.3 is 25.5 Å². The number of piperazine rings is 1. The molecule has 0 unspecified atom stereocenters. The number of amides is 2. The molecule has 2 aliphatic heterocycles. The zero-order chi connectivity index (χ0) is 18.5. The molecule has 3 N–H and O–H groups in total. The summed E-state index contributed by atoms with van der Waals surface area (Å²) in [6, 6.07) is 4.94. The Hall–Kier alpha value is -1.61. The third-order valence-corrected chi connectivity index (χ3v) is 4.83. The molecule has 2 aliphatic rings. The van der Waals surface area contributed by atoms with Crippen LogP contribution in [0.4, 0.5) is 10.1 Å². The number of aliphatic hydroxyl groups is 1. The van der Waals surface area contributed by atoms with Crippen LogP contribution in [0.25, 0.3) is 0 Å². The number of hydrogen-bond donors (Lipinski definition) is 3. The van der Waals surface area contributed by atoms with Gasteiger partial charge in [-0.2, -0.15) is 0 Å². The Morgan fingerprint density at radius 3 is 2.61 bits per heavy atom. The number of nitrogens with one attached hydrogen (secondary N) is 2. The summed E-state index contributed by atoms with van der Waals surface area (Å²) < 4.78 is 14.4. The predicted molar refractivity (Wildman–Crippen MR) is 110 cm³/mol. The van der Waals surface area contributed by atoms with E-state index >= 15 is 0 Å². The van der Waals surface area contributed by atoms with Crippen LogP contribution in [0.5, 0.6) is 0 Å². The van der Waals surface area contributed by atoms with Crippen LogP contribution in [0, 0.1) is 5.82 Å². The number of rotatable bonds is 5. The lowest BCUT2D eigenvalue weighted by Crippen LogP contribution is -2.51. The molecule has 2 amide bonds. The number of anilines is 1. The average Bonchev–Trinajstić information content (AvgIpc) is 2.63. The van der Waals surface area contributed by atoms with Crippen LogP contribution in [0.15, 0.2) is 18.2 Å². The number of benzene rings is 1. The number of piperidine rings is 1. The molecule has 1 aromatic carbocycles. The molecule has 10 heteroatoms. The van der Waals surface area contributed by atoms with Crippen molar-refractivity contribution in [1.29, 1.82) is 0 Å². The van der Waals surface area contributed by atoms with E-state index in [-0.39, 0.29) is 68.2 Å². The first-order valence-corrected chi connectivity index (χ1v) is 8.99. The van der Waals surface area contributed by atoms with E-state index < -0.39 is 0 Å². The van der Waals surface area contributed by atoms with Gasteiger partial charge in [0.05, 0.1) is 24.9 Å². The highest BCUT2D eigenvalue weighted by Crippen LogP contribution is 2.24. The standard InChI is InChI=1S/C18H25FN4O3.2ClH/c19-15-9-13(1-2-16(15)22-6-3-14(24)4-7-22)10-21-17(25)12-23-8-5-20-11-18(23)26;;/h1-2,9,14,20,24H,3-8,10-12H2,(H,21,25);2*1H.